The van der Waals surface area contributed by atoms with E-state index in [1.807, 2.05) is 0 Å². The molecule has 1 unspecified atom stereocenters. The van der Waals surface area contributed by atoms with E-state index in [-0.39, 0.29) is 6.61 Å². The number of carboxylic acids is 1. The van der Waals surface area contributed by atoms with Gasteiger partial charge in [-0.05, 0) is 12.8 Å². The van der Waals surface area contributed by atoms with Crippen LogP contribution in [0.25, 0.3) is 0 Å². The third kappa shape index (κ3) is 1.52. The van der Waals surface area contributed by atoms with Crippen molar-refractivity contribution in [1.29, 1.82) is 0 Å². The van der Waals surface area contributed by atoms with Gasteiger partial charge in [0, 0.05) is 13.7 Å². The van der Waals surface area contributed by atoms with Crippen LogP contribution in [0, 0.1) is 0 Å². The third-order valence-electron chi connectivity index (χ3n) is 1.87. The summed E-state index contributed by atoms with van der Waals surface area (Å²) >= 11 is 0. The largest absolute Gasteiger partial charge is 0.479 e. The van der Waals surface area contributed by atoms with Crippen molar-refractivity contribution in [3.05, 3.63) is 0 Å². The van der Waals surface area contributed by atoms with Crippen molar-refractivity contribution in [2.45, 2.75) is 18.4 Å². The molecule has 0 aliphatic carbocycles. The highest BCUT2D eigenvalue weighted by molar-refractivity contribution is 5.78. The highest BCUT2D eigenvalue weighted by Crippen LogP contribution is 2.25. The van der Waals surface area contributed by atoms with Gasteiger partial charge < -0.3 is 14.6 Å². The Hall–Kier alpha value is -0.610. The van der Waals surface area contributed by atoms with Gasteiger partial charge in [0.25, 0.3) is 0 Å². The first kappa shape index (κ1) is 8.49. The monoisotopic (exact) mass is 160 g/mol. The Bertz CT molecular complexity index is 149. The first-order valence-electron chi connectivity index (χ1n) is 3.57. The van der Waals surface area contributed by atoms with Crippen LogP contribution in [0.3, 0.4) is 0 Å². The van der Waals surface area contributed by atoms with Crippen molar-refractivity contribution in [2.75, 3.05) is 20.3 Å². The van der Waals surface area contributed by atoms with Gasteiger partial charge in [0.05, 0.1) is 6.61 Å². The first-order valence-corrected chi connectivity index (χ1v) is 3.57. The molecular formula is C7H12O4. The van der Waals surface area contributed by atoms with Gasteiger partial charge in [-0.1, -0.05) is 0 Å². The van der Waals surface area contributed by atoms with E-state index in [0.29, 0.717) is 13.0 Å². The summed E-state index contributed by atoms with van der Waals surface area (Å²) in [6.07, 6.45) is 1.35. The van der Waals surface area contributed by atoms with Gasteiger partial charge >= 0.3 is 5.97 Å². The second kappa shape index (κ2) is 3.19. The molecule has 0 spiro atoms. The molecule has 0 radical (unpaired) electrons. The van der Waals surface area contributed by atoms with Crippen molar-refractivity contribution in [1.82, 2.24) is 0 Å². The smallest absolute Gasteiger partial charge is 0.338 e. The van der Waals surface area contributed by atoms with E-state index in [0.717, 1.165) is 6.42 Å². The molecule has 0 amide bonds. The molecule has 0 aromatic carbocycles. The van der Waals surface area contributed by atoms with Crippen LogP contribution in [0.5, 0.6) is 0 Å². The molecule has 1 aliphatic rings. The minimum atomic E-state index is -1.06. The zero-order chi connectivity index (χ0) is 8.32. The summed E-state index contributed by atoms with van der Waals surface area (Å²) in [6, 6.07) is 0. The van der Waals surface area contributed by atoms with Crippen LogP contribution in [-0.2, 0) is 14.3 Å². The molecule has 11 heavy (non-hydrogen) atoms. The van der Waals surface area contributed by atoms with Gasteiger partial charge in [0.15, 0.2) is 5.60 Å². The summed E-state index contributed by atoms with van der Waals surface area (Å²) < 4.78 is 9.90. The van der Waals surface area contributed by atoms with E-state index < -0.39 is 11.6 Å². The minimum Gasteiger partial charge on any atom is -0.479 e. The van der Waals surface area contributed by atoms with Crippen LogP contribution >= 0.6 is 0 Å². The number of rotatable bonds is 3. The molecule has 1 rings (SSSR count). The standard InChI is InChI=1S/C7H12O4/c1-10-5-7(6(8)9)3-2-4-11-7/h2-5H2,1H3,(H,8,9). The number of hydrogen-bond acceptors (Lipinski definition) is 3. The van der Waals surface area contributed by atoms with Crippen LogP contribution in [-0.4, -0.2) is 37.0 Å². The number of carboxylic acid groups (broad SMARTS) is 1. The van der Waals surface area contributed by atoms with Crippen LogP contribution < -0.4 is 0 Å². The molecule has 1 atom stereocenters. The van der Waals surface area contributed by atoms with E-state index in [4.69, 9.17) is 14.6 Å². The Balaban J connectivity index is 2.62. The third-order valence-corrected chi connectivity index (χ3v) is 1.87. The fourth-order valence-corrected chi connectivity index (χ4v) is 1.27. The maximum Gasteiger partial charge on any atom is 0.338 e. The predicted octanol–water partition coefficient (Wildman–Crippen LogP) is 0.267. The highest BCUT2D eigenvalue weighted by Gasteiger charge is 2.42. The summed E-state index contributed by atoms with van der Waals surface area (Å²) in [6.45, 7) is 0.665. The summed E-state index contributed by atoms with van der Waals surface area (Å²) in [5.41, 5.74) is -1.06. The molecule has 0 bridgehead atoms. The SMILES string of the molecule is COCC1(C(=O)O)CCCO1. The molecule has 64 valence electrons. The highest BCUT2D eigenvalue weighted by atomic mass is 16.6. The average Bonchev–Trinajstić information content (AvgIpc) is 2.38. The lowest BCUT2D eigenvalue weighted by Gasteiger charge is -2.21. The summed E-state index contributed by atoms with van der Waals surface area (Å²) in [5.74, 6) is -0.920. The first-order chi connectivity index (χ1) is 5.21. The number of aliphatic carboxylic acids is 1. The average molecular weight is 160 g/mol. The Kier molecular flexibility index (Phi) is 2.46. The lowest BCUT2D eigenvalue weighted by Crippen LogP contribution is -2.42. The quantitative estimate of drug-likeness (QED) is 0.643. The molecule has 4 heteroatoms. The molecule has 0 aromatic rings. The van der Waals surface area contributed by atoms with E-state index in [2.05, 4.69) is 0 Å². The summed E-state index contributed by atoms with van der Waals surface area (Å²) in [7, 11) is 1.48. The Morgan fingerprint density at radius 1 is 1.82 bits per heavy atom. The minimum absolute atomic E-state index is 0.141. The van der Waals surface area contributed by atoms with E-state index in [1.165, 1.54) is 7.11 Å². The van der Waals surface area contributed by atoms with Gasteiger partial charge in [-0.15, -0.1) is 0 Å². The normalized spacial score (nSPS) is 30.6. The van der Waals surface area contributed by atoms with Gasteiger partial charge in [-0.3, -0.25) is 0 Å². The second-order valence-corrected chi connectivity index (χ2v) is 2.68. The fourth-order valence-electron chi connectivity index (χ4n) is 1.27. The van der Waals surface area contributed by atoms with Crippen molar-refractivity contribution >= 4 is 5.97 Å². The summed E-state index contributed by atoms with van der Waals surface area (Å²) in [4.78, 5) is 10.7. The second-order valence-electron chi connectivity index (χ2n) is 2.68. The Labute approximate surface area is 65.1 Å². The molecule has 4 nitrogen and oxygen atoms in total. The van der Waals surface area contributed by atoms with Gasteiger partial charge in [0.2, 0.25) is 0 Å². The molecule has 1 N–H and O–H groups in total. The number of methoxy groups -OCH3 is 1. The maximum absolute atomic E-state index is 10.7. The van der Waals surface area contributed by atoms with Gasteiger partial charge in [0.1, 0.15) is 0 Å². The summed E-state index contributed by atoms with van der Waals surface area (Å²) in [5, 5.41) is 8.79. The van der Waals surface area contributed by atoms with Crippen LogP contribution in [0.15, 0.2) is 0 Å². The number of carbonyl (C=O) groups is 1. The Morgan fingerprint density at radius 2 is 2.55 bits per heavy atom. The van der Waals surface area contributed by atoms with E-state index in [9.17, 15) is 4.79 Å². The van der Waals surface area contributed by atoms with E-state index in [1.54, 1.807) is 0 Å². The molecule has 1 heterocycles. The zero-order valence-electron chi connectivity index (χ0n) is 6.50. The predicted molar refractivity (Wildman–Crippen MR) is 37.4 cm³/mol. The van der Waals surface area contributed by atoms with Crippen LogP contribution in [0.1, 0.15) is 12.8 Å². The molecule has 0 saturated carbocycles. The lowest BCUT2D eigenvalue weighted by atomic mass is 10.0. The van der Waals surface area contributed by atoms with Crippen molar-refractivity contribution in [3.8, 4) is 0 Å². The number of hydrogen-bond donors (Lipinski definition) is 1. The fraction of sp³-hybridized carbons (Fsp3) is 0.857. The van der Waals surface area contributed by atoms with Gasteiger partial charge in [-0.25, -0.2) is 4.79 Å². The molecular weight excluding hydrogens is 148 g/mol. The van der Waals surface area contributed by atoms with Crippen molar-refractivity contribution < 1.29 is 19.4 Å². The zero-order valence-corrected chi connectivity index (χ0v) is 6.50. The van der Waals surface area contributed by atoms with Crippen molar-refractivity contribution in [2.24, 2.45) is 0 Å². The molecule has 1 aliphatic heterocycles. The topological polar surface area (TPSA) is 55.8 Å². The Morgan fingerprint density at radius 3 is 2.91 bits per heavy atom. The van der Waals surface area contributed by atoms with E-state index >= 15 is 0 Å². The molecule has 1 saturated heterocycles. The van der Waals surface area contributed by atoms with Crippen LogP contribution in [0.2, 0.25) is 0 Å². The number of ether oxygens (including phenoxy) is 2. The lowest BCUT2D eigenvalue weighted by molar-refractivity contribution is -0.165. The molecule has 1 fully saturated rings. The van der Waals surface area contributed by atoms with Gasteiger partial charge in [-0.2, -0.15) is 0 Å². The molecule has 0 aromatic heterocycles. The van der Waals surface area contributed by atoms with Crippen molar-refractivity contribution in [3.63, 3.8) is 0 Å². The van der Waals surface area contributed by atoms with Crippen LogP contribution in [0.4, 0.5) is 0 Å². The maximum atomic E-state index is 10.7.